The number of nitriles is 1. The van der Waals surface area contributed by atoms with Crippen molar-refractivity contribution in [2.24, 2.45) is 13.0 Å². The number of fused-ring (bicyclic) bond motifs is 1. The molecule has 0 atom stereocenters. The zero-order chi connectivity index (χ0) is 28.6. The van der Waals surface area contributed by atoms with Gasteiger partial charge in [0.05, 0.1) is 27.2 Å². The van der Waals surface area contributed by atoms with Gasteiger partial charge in [0.1, 0.15) is 11.8 Å². The van der Waals surface area contributed by atoms with Crippen LogP contribution < -0.4 is 0 Å². The maximum absolute atomic E-state index is 13.6. The first-order valence-electron chi connectivity index (χ1n) is 13.6. The predicted octanol–water partition coefficient (Wildman–Crippen LogP) is 5.91. The number of imidazole rings is 1. The van der Waals surface area contributed by atoms with E-state index < -0.39 is 10.0 Å². The van der Waals surface area contributed by atoms with Crippen molar-refractivity contribution in [2.75, 3.05) is 13.1 Å². The van der Waals surface area contributed by atoms with Crippen LogP contribution in [-0.2, 0) is 17.1 Å². The topological polar surface area (TPSA) is 96.8 Å². The second-order valence-corrected chi connectivity index (χ2v) is 12.4. The van der Waals surface area contributed by atoms with Crippen molar-refractivity contribution >= 4 is 32.7 Å². The molecule has 0 bridgehead atoms. The molecule has 6 rings (SSSR count). The van der Waals surface area contributed by atoms with Gasteiger partial charge in [0.25, 0.3) is 0 Å². The van der Waals surface area contributed by atoms with E-state index in [2.05, 4.69) is 13.0 Å². The lowest BCUT2D eigenvalue weighted by atomic mass is 10.0. The summed E-state index contributed by atoms with van der Waals surface area (Å²) < 4.78 is 32.3. The highest BCUT2D eigenvalue weighted by Crippen LogP contribution is 2.31. The number of rotatable bonds is 6. The number of nitrogens with zero attached hydrogens (tertiary/aromatic N) is 6. The van der Waals surface area contributed by atoms with Crippen LogP contribution in [-0.4, -0.2) is 45.1 Å². The molecule has 0 radical (unpaired) electrons. The van der Waals surface area contributed by atoms with Crippen LogP contribution >= 0.6 is 0 Å². The van der Waals surface area contributed by atoms with Crippen molar-refractivity contribution in [1.82, 2.24) is 23.6 Å². The van der Waals surface area contributed by atoms with Crippen molar-refractivity contribution in [2.45, 2.75) is 24.7 Å². The van der Waals surface area contributed by atoms with Gasteiger partial charge in [-0.15, -0.1) is 0 Å². The zero-order valence-corrected chi connectivity index (χ0v) is 23.8. The minimum absolute atomic E-state index is 0.240. The molecule has 1 aliphatic heterocycles. The van der Waals surface area contributed by atoms with Crippen LogP contribution in [0.15, 0.2) is 90.0 Å². The largest absolute Gasteiger partial charge is 0.327 e. The number of piperidine rings is 1. The molecule has 41 heavy (non-hydrogen) atoms. The van der Waals surface area contributed by atoms with E-state index >= 15 is 0 Å². The van der Waals surface area contributed by atoms with E-state index in [4.69, 9.17) is 10.1 Å². The molecule has 9 heteroatoms. The lowest BCUT2D eigenvalue weighted by Crippen LogP contribution is -2.37. The maximum Gasteiger partial charge on any atom is 0.243 e. The van der Waals surface area contributed by atoms with Gasteiger partial charge in [-0.1, -0.05) is 49.4 Å². The smallest absolute Gasteiger partial charge is 0.243 e. The Morgan fingerprint density at radius 2 is 1.73 bits per heavy atom. The summed E-state index contributed by atoms with van der Waals surface area (Å²) in [5.41, 5.74) is 4.86. The lowest BCUT2D eigenvalue weighted by molar-refractivity contribution is 0.288. The summed E-state index contributed by atoms with van der Waals surface area (Å²) in [7, 11) is -1.76. The molecule has 0 unspecified atom stereocenters. The summed E-state index contributed by atoms with van der Waals surface area (Å²) in [6.45, 7) is 3.20. The fraction of sp³-hybridized carbons (Fsp3) is 0.219. The van der Waals surface area contributed by atoms with Crippen LogP contribution in [0.1, 0.15) is 31.2 Å². The Hall–Kier alpha value is -4.52. The van der Waals surface area contributed by atoms with Gasteiger partial charge in [-0.2, -0.15) is 14.7 Å². The van der Waals surface area contributed by atoms with Crippen molar-refractivity contribution in [3.05, 3.63) is 96.4 Å². The fourth-order valence-electron chi connectivity index (χ4n) is 5.30. The first-order chi connectivity index (χ1) is 19.8. The van der Waals surface area contributed by atoms with Crippen LogP contribution in [0.25, 0.3) is 39.6 Å². The van der Waals surface area contributed by atoms with Crippen LogP contribution in [0.5, 0.6) is 0 Å². The number of benzene rings is 3. The Morgan fingerprint density at radius 1 is 1.00 bits per heavy atom. The number of aromatic nitrogens is 4. The molecule has 0 aliphatic carbocycles. The van der Waals surface area contributed by atoms with Crippen LogP contribution in [0, 0.1) is 17.2 Å². The number of hydrogen-bond acceptors (Lipinski definition) is 5. The average Bonchev–Trinajstić information content (AvgIpc) is 3.58. The van der Waals surface area contributed by atoms with Gasteiger partial charge in [0.2, 0.25) is 10.0 Å². The van der Waals surface area contributed by atoms with Gasteiger partial charge in [0, 0.05) is 37.5 Å². The summed E-state index contributed by atoms with van der Waals surface area (Å²) in [6.07, 6.45) is 5.34. The second-order valence-electron chi connectivity index (χ2n) is 10.5. The monoisotopic (exact) mass is 562 g/mol. The fourth-order valence-corrected chi connectivity index (χ4v) is 6.81. The lowest BCUT2D eigenvalue weighted by Gasteiger charge is -2.29. The molecule has 1 fully saturated rings. The molecule has 0 spiro atoms. The van der Waals surface area contributed by atoms with Gasteiger partial charge in [-0.05, 0) is 61.2 Å². The number of para-hydroxylation sites is 3. The molecular weight excluding hydrogens is 532 g/mol. The van der Waals surface area contributed by atoms with Gasteiger partial charge in [-0.25, -0.2) is 18.1 Å². The van der Waals surface area contributed by atoms with E-state index in [-0.39, 0.29) is 4.90 Å². The quantitative estimate of drug-likeness (QED) is 0.240. The van der Waals surface area contributed by atoms with E-state index in [1.807, 2.05) is 78.5 Å². The second kappa shape index (κ2) is 10.8. The predicted molar refractivity (Wildman–Crippen MR) is 160 cm³/mol. The molecule has 5 aromatic rings. The first kappa shape index (κ1) is 26.7. The van der Waals surface area contributed by atoms with Crippen molar-refractivity contribution in [3.63, 3.8) is 0 Å². The van der Waals surface area contributed by atoms with Crippen LogP contribution in [0.3, 0.4) is 0 Å². The highest BCUT2D eigenvalue weighted by atomic mass is 32.2. The van der Waals surface area contributed by atoms with Crippen molar-refractivity contribution in [3.8, 4) is 23.0 Å². The molecule has 3 heterocycles. The third kappa shape index (κ3) is 5.08. The Kier molecular flexibility index (Phi) is 7.03. The van der Waals surface area contributed by atoms with Gasteiger partial charge in [-0.3, -0.25) is 0 Å². The molecule has 1 saturated heterocycles. The minimum Gasteiger partial charge on any atom is -0.327 e. The standard InChI is InChI=1S/C32H30N6O2S/c1-23-15-17-37(18-16-23)41(39,40)28-12-8-9-24(20-28)31-26(22-38(35-31)27-10-4-3-5-11-27)19-25(21-33)32-34-29-13-6-7-14-30(29)36(32)2/h3-14,19-20,22-23H,15-18H2,1-2H3/b25-19-. The molecule has 2 aromatic heterocycles. The highest BCUT2D eigenvalue weighted by Gasteiger charge is 2.28. The summed E-state index contributed by atoms with van der Waals surface area (Å²) in [4.78, 5) is 4.95. The molecule has 206 valence electrons. The highest BCUT2D eigenvalue weighted by molar-refractivity contribution is 7.89. The Bertz CT molecular complexity index is 1910. The van der Waals surface area contributed by atoms with Gasteiger partial charge < -0.3 is 4.57 Å². The molecule has 3 aromatic carbocycles. The third-order valence-electron chi connectivity index (χ3n) is 7.70. The summed E-state index contributed by atoms with van der Waals surface area (Å²) in [5.74, 6) is 1.07. The van der Waals surface area contributed by atoms with Crippen molar-refractivity contribution in [1.29, 1.82) is 5.26 Å². The molecule has 0 saturated carbocycles. The molecular formula is C32H30N6O2S. The van der Waals surface area contributed by atoms with Crippen LogP contribution in [0.4, 0.5) is 0 Å². The maximum atomic E-state index is 13.6. The zero-order valence-electron chi connectivity index (χ0n) is 23.0. The number of hydrogen-bond donors (Lipinski definition) is 0. The van der Waals surface area contributed by atoms with E-state index in [1.54, 1.807) is 33.3 Å². The summed E-state index contributed by atoms with van der Waals surface area (Å²) in [6, 6.07) is 26.7. The minimum atomic E-state index is -3.65. The Morgan fingerprint density at radius 3 is 2.46 bits per heavy atom. The normalized spacial score (nSPS) is 15.3. The SMILES string of the molecule is CC1CCN(S(=O)(=O)c2cccc(-c3nn(-c4ccccc4)cc3/C=C(/C#N)c3nc4ccccc4n3C)c2)CC1. The average molecular weight is 563 g/mol. The molecule has 1 aliphatic rings. The van der Waals surface area contributed by atoms with E-state index in [9.17, 15) is 13.7 Å². The summed E-state index contributed by atoms with van der Waals surface area (Å²) >= 11 is 0. The number of sulfonamides is 1. The number of aryl methyl sites for hydroxylation is 1. The third-order valence-corrected chi connectivity index (χ3v) is 9.59. The van der Waals surface area contributed by atoms with Crippen molar-refractivity contribution < 1.29 is 8.42 Å². The van der Waals surface area contributed by atoms with E-state index in [0.717, 1.165) is 29.6 Å². The first-order valence-corrected chi connectivity index (χ1v) is 15.1. The van der Waals surface area contributed by atoms with E-state index in [1.165, 1.54) is 0 Å². The van der Waals surface area contributed by atoms with Gasteiger partial charge in [0.15, 0.2) is 5.82 Å². The van der Waals surface area contributed by atoms with Crippen LogP contribution in [0.2, 0.25) is 0 Å². The molecule has 0 N–H and O–H groups in total. The molecule has 8 nitrogen and oxygen atoms in total. The van der Waals surface area contributed by atoms with Gasteiger partial charge >= 0.3 is 0 Å². The Labute approximate surface area is 239 Å². The van der Waals surface area contributed by atoms with E-state index in [0.29, 0.717) is 47.2 Å². The Balaban J connectivity index is 1.47. The number of allylic oxidation sites excluding steroid dienone is 1. The molecule has 0 amide bonds. The summed E-state index contributed by atoms with van der Waals surface area (Å²) in [5, 5.41) is 15.1.